The normalized spacial score (nSPS) is 12.6. The predicted molar refractivity (Wildman–Crippen MR) is 71.1 cm³/mol. The van der Waals surface area contributed by atoms with E-state index in [0.717, 1.165) is 16.5 Å². The molecule has 0 aliphatic rings. The maximum Gasteiger partial charge on any atom is 0.219 e. The van der Waals surface area contributed by atoms with Gasteiger partial charge >= 0.3 is 0 Å². The highest BCUT2D eigenvalue weighted by Gasteiger charge is 2.08. The summed E-state index contributed by atoms with van der Waals surface area (Å²) in [4.78, 5) is 14.3. The Balaban J connectivity index is 2.14. The summed E-state index contributed by atoms with van der Waals surface area (Å²) in [7, 11) is 0. The third-order valence-corrected chi connectivity index (χ3v) is 3.05. The van der Waals surface area contributed by atoms with E-state index in [1.165, 1.54) is 0 Å². The maximum atomic E-state index is 11.2. The van der Waals surface area contributed by atoms with Gasteiger partial charge in [0.2, 0.25) is 5.91 Å². The number of aromatic amines is 1. The second kappa shape index (κ2) is 5.83. The summed E-state index contributed by atoms with van der Waals surface area (Å²) in [5.41, 5.74) is 2.18. The Morgan fingerprint density at radius 1 is 1.53 bits per heavy atom. The molecule has 0 aliphatic carbocycles. The molecule has 1 unspecified atom stereocenters. The van der Waals surface area contributed by atoms with Gasteiger partial charge in [-0.2, -0.15) is 5.23 Å². The van der Waals surface area contributed by atoms with Gasteiger partial charge in [0.15, 0.2) is 5.69 Å². The number of carbonyl (C=O) groups excluding carboxylic acids is 1. The minimum atomic E-state index is -0.937. The van der Waals surface area contributed by atoms with Gasteiger partial charge < -0.3 is 15.5 Å². The van der Waals surface area contributed by atoms with Crippen molar-refractivity contribution in [1.29, 1.82) is 0 Å². The van der Waals surface area contributed by atoms with Crippen LogP contribution in [0.2, 0.25) is 0 Å². The third-order valence-electron chi connectivity index (χ3n) is 3.05. The van der Waals surface area contributed by atoms with Crippen LogP contribution in [0.15, 0.2) is 24.4 Å². The van der Waals surface area contributed by atoms with E-state index in [2.05, 4.69) is 10.3 Å². The molecule has 19 heavy (non-hydrogen) atoms. The largest absolute Gasteiger partial charge is 0.595 e. The van der Waals surface area contributed by atoms with Gasteiger partial charge in [0.25, 0.3) is 0 Å². The van der Waals surface area contributed by atoms with Crippen LogP contribution in [0.3, 0.4) is 0 Å². The van der Waals surface area contributed by atoms with Crippen molar-refractivity contribution in [2.45, 2.75) is 19.8 Å². The highest BCUT2D eigenvalue weighted by atomic mass is 16.8. The summed E-state index contributed by atoms with van der Waals surface area (Å²) in [6.45, 7) is 2.36. The number of quaternary nitrogens is 1. The number of hydrogen-bond donors (Lipinski definition) is 4. The molecule has 6 nitrogen and oxygen atoms in total. The molecule has 4 N–H and O–H groups in total. The summed E-state index contributed by atoms with van der Waals surface area (Å²) in [6, 6.07) is 4.99. The van der Waals surface area contributed by atoms with Crippen molar-refractivity contribution >= 4 is 22.5 Å². The summed E-state index contributed by atoms with van der Waals surface area (Å²) >= 11 is 0. The smallest absolute Gasteiger partial charge is 0.219 e. The van der Waals surface area contributed by atoms with Gasteiger partial charge in [0.1, 0.15) is 0 Å². The number of fused-ring (bicyclic) bond motifs is 1. The Morgan fingerprint density at radius 2 is 2.32 bits per heavy atom. The van der Waals surface area contributed by atoms with Crippen molar-refractivity contribution in [3.05, 3.63) is 35.2 Å². The third kappa shape index (κ3) is 3.11. The fraction of sp³-hybridized carbons (Fsp3) is 0.308. The van der Waals surface area contributed by atoms with Gasteiger partial charge in [-0.05, 0) is 18.1 Å². The quantitative estimate of drug-likeness (QED) is 0.596. The lowest BCUT2D eigenvalue weighted by molar-refractivity contribution is -0.991. The molecule has 1 atom stereocenters. The van der Waals surface area contributed by atoms with Gasteiger partial charge in [-0.15, -0.1) is 0 Å². The van der Waals surface area contributed by atoms with Gasteiger partial charge in [-0.1, -0.05) is 6.92 Å². The molecule has 1 amide bonds. The fourth-order valence-corrected chi connectivity index (χ4v) is 1.98. The number of benzene rings is 1. The SMILES string of the molecule is CCC(=O)NCCc1c[nH]c2ccc([NH+]([O-])O)cc12. The van der Waals surface area contributed by atoms with Crippen molar-refractivity contribution in [1.82, 2.24) is 10.3 Å². The van der Waals surface area contributed by atoms with E-state index >= 15 is 0 Å². The Labute approximate surface area is 110 Å². The van der Waals surface area contributed by atoms with Crippen LogP contribution >= 0.6 is 0 Å². The molecule has 1 aromatic heterocycles. The van der Waals surface area contributed by atoms with Crippen LogP contribution in [0.1, 0.15) is 18.9 Å². The number of H-pyrrole nitrogens is 1. The van der Waals surface area contributed by atoms with Crippen molar-refractivity contribution in [3.63, 3.8) is 0 Å². The first-order chi connectivity index (χ1) is 9.11. The highest BCUT2D eigenvalue weighted by molar-refractivity contribution is 5.85. The number of rotatable bonds is 5. The van der Waals surface area contributed by atoms with Crippen LogP contribution in [0, 0.1) is 5.21 Å². The number of aromatic nitrogens is 1. The standard InChI is InChI=1S/C13H17N3O3/c1-2-13(17)14-6-5-9-8-15-12-4-3-10(16(18)19)7-11(9)12/h3-4,7-8,15-16,18H,2,5-6H2,1H3,(H,14,17). The molecule has 6 heteroatoms. The molecule has 0 spiro atoms. The molecule has 0 saturated carbocycles. The molecule has 2 rings (SSSR count). The van der Waals surface area contributed by atoms with Gasteiger partial charge in [0, 0.05) is 42.2 Å². The van der Waals surface area contributed by atoms with Crippen LogP contribution in [-0.2, 0) is 11.2 Å². The summed E-state index contributed by atoms with van der Waals surface area (Å²) in [5, 5.41) is 22.7. The predicted octanol–water partition coefficient (Wildman–Crippen LogP) is 0.640. The first-order valence-electron chi connectivity index (χ1n) is 6.22. The first-order valence-corrected chi connectivity index (χ1v) is 6.22. The molecule has 1 aromatic carbocycles. The lowest BCUT2D eigenvalue weighted by Gasteiger charge is -2.11. The van der Waals surface area contributed by atoms with Gasteiger partial charge in [-0.3, -0.25) is 4.79 Å². The van der Waals surface area contributed by atoms with Crippen molar-refractivity contribution in [3.8, 4) is 0 Å². The Hall–Kier alpha value is -1.89. The van der Waals surface area contributed by atoms with Crippen LogP contribution < -0.4 is 10.5 Å². The number of nitrogens with one attached hydrogen (secondary N) is 3. The second-order valence-electron chi connectivity index (χ2n) is 4.33. The molecule has 2 aromatic rings. The fourth-order valence-electron chi connectivity index (χ4n) is 1.98. The average molecular weight is 263 g/mol. The van der Waals surface area contributed by atoms with E-state index in [0.29, 0.717) is 19.4 Å². The molecule has 1 heterocycles. The van der Waals surface area contributed by atoms with Crippen LogP contribution in [0.4, 0.5) is 5.69 Å². The lowest BCUT2D eigenvalue weighted by Crippen LogP contribution is -2.99. The van der Waals surface area contributed by atoms with E-state index in [-0.39, 0.29) is 11.6 Å². The summed E-state index contributed by atoms with van der Waals surface area (Å²) in [6.07, 6.45) is 3.00. The molecular formula is C13H17N3O3. The average Bonchev–Trinajstić information content (AvgIpc) is 2.81. The number of amides is 1. The van der Waals surface area contributed by atoms with Crippen LogP contribution in [-0.4, -0.2) is 22.6 Å². The molecule has 0 bridgehead atoms. The Kier molecular flexibility index (Phi) is 4.16. The zero-order valence-electron chi connectivity index (χ0n) is 10.7. The zero-order valence-corrected chi connectivity index (χ0v) is 10.7. The number of hydrogen-bond acceptors (Lipinski definition) is 3. The monoisotopic (exact) mass is 263 g/mol. The summed E-state index contributed by atoms with van der Waals surface area (Å²) < 4.78 is 0. The van der Waals surface area contributed by atoms with E-state index in [4.69, 9.17) is 5.21 Å². The van der Waals surface area contributed by atoms with Crippen LogP contribution in [0.5, 0.6) is 0 Å². The van der Waals surface area contributed by atoms with E-state index in [9.17, 15) is 10.0 Å². The Morgan fingerprint density at radius 3 is 3.00 bits per heavy atom. The van der Waals surface area contributed by atoms with E-state index in [1.54, 1.807) is 25.1 Å². The first kappa shape index (κ1) is 13.5. The van der Waals surface area contributed by atoms with Crippen LogP contribution in [0.25, 0.3) is 10.9 Å². The number of carbonyl (C=O) groups is 1. The van der Waals surface area contributed by atoms with Gasteiger partial charge in [0.05, 0.1) is 0 Å². The molecule has 0 aliphatic heterocycles. The molecule has 0 fully saturated rings. The highest BCUT2D eigenvalue weighted by Crippen LogP contribution is 2.20. The van der Waals surface area contributed by atoms with E-state index < -0.39 is 5.23 Å². The molecule has 0 radical (unpaired) electrons. The summed E-state index contributed by atoms with van der Waals surface area (Å²) in [5.74, 6) is 0.0195. The van der Waals surface area contributed by atoms with Crippen molar-refractivity contribution in [2.24, 2.45) is 0 Å². The molecule has 102 valence electrons. The Bertz CT molecular complexity index is 578. The second-order valence-corrected chi connectivity index (χ2v) is 4.33. The topological polar surface area (TPSA) is 92.6 Å². The maximum absolute atomic E-state index is 11.2. The van der Waals surface area contributed by atoms with Gasteiger partial charge in [-0.25, -0.2) is 5.21 Å². The minimum absolute atomic E-state index is 0.0195. The zero-order chi connectivity index (χ0) is 13.8. The molecule has 0 saturated heterocycles. The van der Waals surface area contributed by atoms with Crippen molar-refractivity contribution in [2.75, 3.05) is 6.54 Å². The minimum Gasteiger partial charge on any atom is -0.595 e. The van der Waals surface area contributed by atoms with E-state index in [1.807, 2.05) is 6.20 Å². The molecular weight excluding hydrogens is 246 g/mol. The lowest BCUT2D eigenvalue weighted by atomic mass is 10.1. The van der Waals surface area contributed by atoms with Crippen molar-refractivity contribution < 1.29 is 15.2 Å².